The molecule has 1 aliphatic heterocycles. The predicted molar refractivity (Wildman–Crippen MR) is 65.2 cm³/mol. The summed E-state index contributed by atoms with van der Waals surface area (Å²) in [6.07, 6.45) is 6.89. The molecule has 0 radical (unpaired) electrons. The Labute approximate surface area is 104 Å². The molecule has 1 saturated heterocycles. The van der Waals surface area contributed by atoms with Crippen LogP contribution in [0.25, 0.3) is 0 Å². The van der Waals surface area contributed by atoms with Gasteiger partial charge in [-0.25, -0.2) is 5.32 Å². The van der Waals surface area contributed by atoms with E-state index in [2.05, 4.69) is 13.8 Å². The molecule has 96 valence electrons. The van der Waals surface area contributed by atoms with Crippen molar-refractivity contribution in [3.05, 3.63) is 0 Å². The van der Waals surface area contributed by atoms with Gasteiger partial charge >= 0.3 is 0 Å². The molecule has 0 aromatic heterocycles. The molecule has 1 rings (SSSR count). The van der Waals surface area contributed by atoms with Gasteiger partial charge in [-0.05, 0) is 13.3 Å². The lowest BCUT2D eigenvalue weighted by molar-refractivity contribution is -0.935. The van der Waals surface area contributed by atoms with Gasteiger partial charge in [0.25, 0.3) is 0 Å². The standard InChI is InChI=1S/C10H22NO.C2HN3/c1-3-7-11(10-12-4-2)8-5-6-9-11;3-1-5-2-4/h3-10H2,1-2H3;5H/q+1;. The van der Waals surface area contributed by atoms with Crippen LogP contribution in [0.1, 0.15) is 33.1 Å². The van der Waals surface area contributed by atoms with Crippen molar-refractivity contribution >= 4 is 0 Å². The summed E-state index contributed by atoms with van der Waals surface area (Å²) in [4.78, 5) is 0. The first-order valence-electron chi connectivity index (χ1n) is 6.20. The topological polar surface area (TPSA) is 68.8 Å². The van der Waals surface area contributed by atoms with Crippen molar-refractivity contribution in [2.75, 3.05) is 33.0 Å². The Bertz CT molecular complexity index is 249. The molecule has 0 aromatic carbocycles. The van der Waals surface area contributed by atoms with Gasteiger partial charge in [0.1, 0.15) is 0 Å². The molecular weight excluding hydrogens is 216 g/mol. The molecule has 5 nitrogen and oxygen atoms in total. The molecule has 0 atom stereocenters. The second-order valence-corrected chi connectivity index (χ2v) is 4.19. The van der Waals surface area contributed by atoms with E-state index < -0.39 is 0 Å². The molecule has 5 heteroatoms. The van der Waals surface area contributed by atoms with Crippen LogP contribution < -0.4 is 5.32 Å². The monoisotopic (exact) mass is 239 g/mol. The van der Waals surface area contributed by atoms with Crippen molar-refractivity contribution in [3.8, 4) is 12.4 Å². The largest absolute Gasteiger partial charge is 0.332 e. The molecule has 0 bridgehead atoms. The van der Waals surface area contributed by atoms with Crippen LogP contribution in [0.3, 0.4) is 0 Å². The van der Waals surface area contributed by atoms with E-state index in [9.17, 15) is 0 Å². The zero-order chi connectivity index (χ0) is 13.0. The van der Waals surface area contributed by atoms with Crippen LogP contribution >= 0.6 is 0 Å². The number of nitrogens with zero attached hydrogens (tertiary/aromatic N) is 3. The average Bonchev–Trinajstić information content (AvgIpc) is 2.78. The SMILES string of the molecule is CCC[N+]1(COCC)CCCC1.N#CNC#N. The zero-order valence-corrected chi connectivity index (χ0v) is 10.9. The Hall–Kier alpha value is -1.30. The van der Waals surface area contributed by atoms with Crippen LogP contribution in [0, 0.1) is 22.9 Å². The maximum atomic E-state index is 7.48. The van der Waals surface area contributed by atoms with Crippen molar-refractivity contribution in [1.82, 2.24) is 5.32 Å². The molecule has 1 N–H and O–H groups in total. The summed E-state index contributed by atoms with van der Waals surface area (Å²) < 4.78 is 6.77. The maximum Gasteiger partial charge on any atom is 0.190 e. The molecule has 0 spiro atoms. The van der Waals surface area contributed by atoms with Gasteiger partial charge < -0.3 is 9.22 Å². The second kappa shape index (κ2) is 9.89. The number of hydrogen-bond acceptors (Lipinski definition) is 4. The number of ether oxygens (including phenoxy) is 1. The van der Waals surface area contributed by atoms with Crippen LogP contribution in [0.5, 0.6) is 0 Å². The molecular formula is C12H23N4O+. The van der Waals surface area contributed by atoms with Crippen LogP contribution in [-0.2, 0) is 4.74 Å². The normalized spacial score (nSPS) is 16.2. The number of quaternary nitrogens is 1. The van der Waals surface area contributed by atoms with Crippen LogP contribution in [-0.4, -0.2) is 37.5 Å². The summed E-state index contributed by atoms with van der Waals surface area (Å²) >= 11 is 0. The molecule has 0 amide bonds. The highest BCUT2D eigenvalue weighted by Gasteiger charge is 2.30. The molecule has 1 fully saturated rings. The van der Waals surface area contributed by atoms with Crippen molar-refractivity contribution in [2.45, 2.75) is 33.1 Å². The quantitative estimate of drug-likeness (QED) is 0.449. The first-order valence-corrected chi connectivity index (χ1v) is 6.20. The fourth-order valence-electron chi connectivity index (χ4n) is 2.21. The van der Waals surface area contributed by atoms with Crippen molar-refractivity contribution in [2.24, 2.45) is 0 Å². The van der Waals surface area contributed by atoms with Gasteiger partial charge in [-0.3, -0.25) is 0 Å². The Morgan fingerprint density at radius 2 is 1.76 bits per heavy atom. The number of nitrogens with one attached hydrogen (secondary N) is 1. The van der Waals surface area contributed by atoms with E-state index in [4.69, 9.17) is 15.3 Å². The van der Waals surface area contributed by atoms with Gasteiger partial charge in [0, 0.05) is 19.4 Å². The van der Waals surface area contributed by atoms with Gasteiger partial charge in [-0.15, -0.1) is 0 Å². The van der Waals surface area contributed by atoms with Crippen LogP contribution in [0.4, 0.5) is 0 Å². The lowest BCUT2D eigenvalue weighted by Crippen LogP contribution is -2.47. The third kappa shape index (κ3) is 6.78. The molecule has 0 aliphatic carbocycles. The van der Waals surface area contributed by atoms with Gasteiger partial charge in [0.2, 0.25) is 0 Å². The molecule has 0 unspecified atom stereocenters. The molecule has 1 heterocycles. The Morgan fingerprint density at radius 3 is 2.12 bits per heavy atom. The zero-order valence-electron chi connectivity index (χ0n) is 10.9. The van der Waals surface area contributed by atoms with Crippen LogP contribution in [0.2, 0.25) is 0 Å². The second-order valence-electron chi connectivity index (χ2n) is 4.19. The molecule has 0 saturated carbocycles. The summed E-state index contributed by atoms with van der Waals surface area (Å²) in [7, 11) is 0. The third-order valence-corrected chi connectivity index (χ3v) is 2.89. The Balaban J connectivity index is 0.000000437. The minimum Gasteiger partial charge on any atom is -0.332 e. The Kier molecular flexibility index (Phi) is 9.14. The highest BCUT2D eigenvalue weighted by Crippen LogP contribution is 2.19. The van der Waals surface area contributed by atoms with Crippen molar-refractivity contribution in [1.29, 1.82) is 10.5 Å². The minimum atomic E-state index is 0.865. The highest BCUT2D eigenvalue weighted by molar-refractivity contribution is 4.77. The van der Waals surface area contributed by atoms with Gasteiger partial charge in [-0.2, -0.15) is 10.5 Å². The summed E-state index contributed by atoms with van der Waals surface area (Å²) in [6.45, 7) is 10.2. The van der Waals surface area contributed by atoms with E-state index in [1.54, 1.807) is 5.32 Å². The highest BCUT2D eigenvalue weighted by atomic mass is 16.5. The van der Waals surface area contributed by atoms with E-state index in [1.807, 2.05) is 0 Å². The van der Waals surface area contributed by atoms with Gasteiger partial charge in [-0.1, -0.05) is 6.92 Å². The molecule has 17 heavy (non-hydrogen) atoms. The number of rotatable bonds is 5. The van der Waals surface area contributed by atoms with Gasteiger partial charge in [0.05, 0.1) is 19.6 Å². The summed E-state index contributed by atoms with van der Waals surface area (Å²) in [5.74, 6) is 0. The fraction of sp³-hybridized carbons (Fsp3) is 0.833. The molecule has 0 aromatic rings. The van der Waals surface area contributed by atoms with Crippen molar-refractivity contribution < 1.29 is 9.22 Å². The average molecular weight is 239 g/mol. The summed E-state index contributed by atoms with van der Waals surface area (Å²) in [6, 6.07) is 0. The predicted octanol–water partition coefficient (Wildman–Crippen LogP) is 1.54. The summed E-state index contributed by atoms with van der Waals surface area (Å²) in [5.41, 5.74) is 0. The van der Waals surface area contributed by atoms with E-state index in [-0.39, 0.29) is 0 Å². The van der Waals surface area contributed by atoms with E-state index >= 15 is 0 Å². The number of nitriles is 2. The maximum absolute atomic E-state index is 7.48. The third-order valence-electron chi connectivity index (χ3n) is 2.89. The number of likely N-dealkylation sites (tertiary alicyclic amines) is 1. The minimum absolute atomic E-state index is 0.865. The first kappa shape index (κ1) is 15.7. The lowest BCUT2D eigenvalue weighted by Gasteiger charge is -2.33. The summed E-state index contributed by atoms with van der Waals surface area (Å²) in [5, 5.41) is 16.7. The lowest BCUT2D eigenvalue weighted by atomic mass is 10.4. The smallest absolute Gasteiger partial charge is 0.190 e. The van der Waals surface area contributed by atoms with E-state index in [0.717, 1.165) is 13.3 Å². The fourth-order valence-corrected chi connectivity index (χ4v) is 2.21. The van der Waals surface area contributed by atoms with Crippen molar-refractivity contribution in [3.63, 3.8) is 0 Å². The van der Waals surface area contributed by atoms with Crippen LogP contribution in [0.15, 0.2) is 0 Å². The van der Waals surface area contributed by atoms with Gasteiger partial charge in [0.15, 0.2) is 19.1 Å². The van der Waals surface area contributed by atoms with E-state index in [1.165, 1.54) is 55.8 Å². The van der Waals surface area contributed by atoms with E-state index in [0.29, 0.717) is 0 Å². The Morgan fingerprint density at radius 1 is 1.18 bits per heavy atom. The molecule has 1 aliphatic rings. The first-order chi connectivity index (χ1) is 8.24. The number of hydrogen-bond donors (Lipinski definition) is 1.